The summed E-state index contributed by atoms with van der Waals surface area (Å²) in [5.74, 6) is -0.101. The normalized spacial score (nSPS) is 11.1. The second-order valence-corrected chi connectivity index (χ2v) is 8.95. The van der Waals surface area contributed by atoms with Crippen LogP contribution in [-0.4, -0.2) is 25.2 Å². The number of Topliss-reactive ketones (excluding diaryl/α,β-unsaturated/α-hetero) is 1. The minimum Gasteiger partial charge on any atom is -0.304 e. The fraction of sp³-hybridized carbons (Fsp3) is 0.190. The second-order valence-electron chi connectivity index (χ2n) is 5.62. The number of carbonyl (C=O) groups is 1. The number of ketones is 1. The first-order valence-electron chi connectivity index (χ1n) is 8.52. The Labute approximate surface area is 164 Å². The van der Waals surface area contributed by atoms with E-state index in [1.807, 2.05) is 42.5 Å². The number of hydrogen-bond donors (Lipinski definition) is 0. The summed E-state index contributed by atoms with van der Waals surface area (Å²) in [7, 11) is -3.35. The highest BCUT2D eigenvalue weighted by atomic mass is 32.2. The van der Waals surface area contributed by atoms with Gasteiger partial charge in [0.25, 0.3) is 0 Å². The van der Waals surface area contributed by atoms with Gasteiger partial charge in [0.2, 0.25) is 0 Å². The van der Waals surface area contributed by atoms with Crippen LogP contribution >= 0.6 is 19.4 Å². The van der Waals surface area contributed by atoms with E-state index in [1.165, 1.54) is 12.2 Å². The van der Waals surface area contributed by atoms with Crippen LogP contribution in [0.2, 0.25) is 0 Å². The average molecular weight is 402 g/mol. The van der Waals surface area contributed by atoms with Crippen LogP contribution in [0.15, 0.2) is 89.7 Å². The van der Waals surface area contributed by atoms with E-state index < -0.39 is 7.60 Å². The van der Waals surface area contributed by atoms with E-state index in [0.29, 0.717) is 5.56 Å². The van der Waals surface area contributed by atoms with E-state index in [-0.39, 0.29) is 31.6 Å². The van der Waals surface area contributed by atoms with Gasteiger partial charge < -0.3 is 9.05 Å². The molecule has 0 amide bonds. The zero-order valence-corrected chi connectivity index (χ0v) is 16.8. The predicted octanol–water partition coefficient (Wildman–Crippen LogP) is 6.01. The van der Waals surface area contributed by atoms with Crippen LogP contribution in [0.25, 0.3) is 0 Å². The van der Waals surface area contributed by atoms with Crippen LogP contribution in [0.5, 0.6) is 0 Å². The van der Waals surface area contributed by atoms with Gasteiger partial charge in [0.05, 0.1) is 19.4 Å². The summed E-state index contributed by atoms with van der Waals surface area (Å²) in [4.78, 5) is 14.6. The van der Waals surface area contributed by atoms with Crippen molar-refractivity contribution in [3.05, 3.63) is 85.5 Å². The van der Waals surface area contributed by atoms with Crippen molar-refractivity contribution in [3.63, 3.8) is 0 Å². The molecule has 0 saturated carbocycles. The molecule has 0 aliphatic carbocycles. The van der Waals surface area contributed by atoms with Gasteiger partial charge in [0.15, 0.2) is 5.78 Å². The minimum absolute atomic E-state index is 0.0219. The fourth-order valence-electron chi connectivity index (χ4n) is 2.22. The Morgan fingerprint density at radius 2 is 1.48 bits per heavy atom. The van der Waals surface area contributed by atoms with Gasteiger partial charge in [-0.2, -0.15) is 0 Å². The Balaban J connectivity index is 1.95. The van der Waals surface area contributed by atoms with E-state index in [1.54, 1.807) is 23.9 Å². The van der Waals surface area contributed by atoms with Crippen LogP contribution in [0.3, 0.4) is 0 Å². The maximum Gasteiger partial charge on any atom is 0.331 e. The molecule has 0 atom stereocenters. The summed E-state index contributed by atoms with van der Waals surface area (Å²) in [5, 5.41) is 0. The van der Waals surface area contributed by atoms with Crippen molar-refractivity contribution in [1.29, 1.82) is 0 Å². The lowest BCUT2D eigenvalue weighted by Gasteiger charge is -2.16. The standard InChI is InChI=1S/C21H23O4PS/c1-3-15-24-26(23,25-16-4-2)17-14-21(22)18-10-12-20(13-11-18)27-19-8-6-5-7-9-19/h3-13H,1-2,14-17H2. The zero-order chi connectivity index (χ0) is 19.5. The fourth-order valence-corrected chi connectivity index (χ4v) is 4.53. The molecule has 2 aromatic carbocycles. The summed E-state index contributed by atoms with van der Waals surface area (Å²) < 4.78 is 23.2. The zero-order valence-electron chi connectivity index (χ0n) is 15.1. The lowest BCUT2D eigenvalue weighted by molar-refractivity contribution is 0.0985. The smallest absolute Gasteiger partial charge is 0.304 e. The lowest BCUT2D eigenvalue weighted by Crippen LogP contribution is -2.07. The molecule has 0 spiro atoms. The van der Waals surface area contributed by atoms with Gasteiger partial charge in [-0.3, -0.25) is 9.36 Å². The molecule has 27 heavy (non-hydrogen) atoms. The van der Waals surface area contributed by atoms with E-state index >= 15 is 0 Å². The number of hydrogen-bond acceptors (Lipinski definition) is 5. The van der Waals surface area contributed by atoms with Crippen molar-refractivity contribution >= 4 is 25.1 Å². The highest BCUT2D eigenvalue weighted by Gasteiger charge is 2.25. The number of carbonyl (C=O) groups excluding carboxylic acids is 1. The summed E-state index contributed by atoms with van der Waals surface area (Å²) in [5.41, 5.74) is 0.575. The largest absolute Gasteiger partial charge is 0.331 e. The van der Waals surface area contributed by atoms with Gasteiger partial charge in [-0.05, 0) is 24.3 Å². The third-order valence-corrected chi connectivity index (χ3v) is 6.42. The Hall–Kier alpha value is -1.91. The maximum absolute atomic E-state index is 12.6. The molecule has 0 bridgehead atoms. The van der Waals surface area contributed by atoms with Gasteiger partial charge in [0, 0.05) is 21.8 Å². The SMILES string of the molecule is C=CCOP(=O)(CCC(=O)c1ccc(Sc2ccccc2)cc1)OCC=C. The summed E-state index contributed by atoms with van der Waals surface area (Å²) in [6, 6.07) is 17.4. The highest BCUT2D eigenvalue weighted by molar-refractivity contribution is 7.99. The summed E-state index contributed by atoms with van der Waals surface area (Å²) >= 11 is 1.63. The summed E-state index contributed by atoms with van der Waals surface area (Å²) in [6.07, 6.45) is 3.09. The molecule has 6 heteroatoms. The van der Waals surface area contributed by atoms with E-state index in [4.69, 9.17) is 9.05 Å². The minimum atomic E-state index is -3.35. The van der Waals surface area contributed by atoms with E-state index in [9.17, 15) is 9.36 Å². The van der Waals surface area contributed by atoms with Crippen molar-refractivity contribution in [3.8, 4) is 0 Å². The first-order valence-corrected chi connectivity index (χ1v) is 11.1. The van der Waals surface area contributed by atoms with Crippen LogP contribution in [0, 0.1) is 0 Å². The van der Waals surface area contributed by atoms with Crippen molar-refractivity contribution in [2.45, 2.75) is 16.2 Å². The van der Waals surface area contributed by atoms with Crippen molar-refractivity contribution in [1.82, 2.24) is 0 Å². The molecule has 0 aliphatic rings. The average Bonchev–Trinajstić information content (AvgIpc) is 2.70. The lowest BCUT2D eigenvalue weighted by atomic mass is 10.1. The molecular formula is C21H23O4PS. The van der Waals surface area contributed by atoms with Crippen LogP contribution in [0.1, 0.15) is 16.8 Å². The maximum atomic E-state index is 12.6. The van der Waals surface area contributed by atoms with Gasteiger partial charge in [0.1, 0.15) is 0 Å². The highest BCUT2D eigenvalue weighted by Crippen LogP contribution is 2.48. The first kappa shape index (κ1) is 21.4. The van der Waals surface area contributed by atoms with Gasteiger partial charge in [-0.25, -0.2) is 0 Å². The molecule has 0 radical (unpaired) electrons. The molecule has 0 aliphatic heterocycles. The van der Waals surface area contributed by atoms with E-state index in [2.05, 4.69) is 13.2 Å². The number of benzene rings is 2. The summed E-state index contributed by atoms with van der Waals surface area (Å²) in [6.45, 7) is 7.28. The topological polar surface area (TPSA) is 52.6 Å². The Morgan fingerprint density at radius 3 is 2.04 bits per heavy atom. The molecule has 0 unspecified atom stereocenters. The second kappa shape index (κ2) is 11.1. The van der Waals surface area contributed by atoms with Crippen LogP contribution in [0.4, 0.5) is 0 Å². The molecule has 142 valence electrons. The Morgan fingerprint density at radius 1 is 0.926 bits per heavy atom. The molecule has 0 N–H and O–H groups in total. The predicted molar refractivity (Wildman–Crippen MR) is 111 cm³/mol. The molecule has 4 nitrogen and oxygen atoms in total. The van der Waals surface area contributed by atoms with E-state index in [0.717, 1.165) is 9.79 Å². The molecule has 0 heterocycles. The van der Waals surface area contributed by atoms with Gasteiger partial charge in [-0.1, -0.05) is 54.2 Å². The Kier molecular flexibility index (Phi) is 8.76. The molecule has 0 saturated heterocycles. The van der Waals surface area contributed by atoms with Crippen molar-refractivity contribution in [2.75, 3.05) is 19.4 Å². The monoisotopic (exact) mass is 402 g/mol. The third kappa shape index (κ3) is 7.31. The Bertz CT molecular complexity index is 787. The van der Waals surface area contributed by atoms with Crippen LogP contribution in [-0.2, 0) is 13.6 Å². The van der Waals surface area contributed by atoms with Crippen molar-refractivity contribution < 1.29 is 18.4 Å². The molecule has 0 aromatic heterocycles. The van der Waals surface area contributed by atoms with Crippen LogP contribution < -0.4 is 0 Å². The van der Waals surface area contributed by atoms with Crippen molar-refractivity contribution in [2.24, 2.45) is 0 Å². The quantitative estimate of drug-likeness (QED) is 0.247. The first-order chi connectivity index (χ1) is 13.1. The number of rotatable bonds is 12. The van der Waals surface area contributed by atoms with Gasteiger partial charge in [-0.15, -0.1) is 13.2 Å². The molecule has 2 rings (SSSR count). The molecule has 2 aromatic rings. The molecular weight excluding hydrogens is 379 g/mol. The molecule has 0 fully saturated rings. The third-order valence-electron chi connectivity index (χ3n) is 3.55. The van der Waals surface area contributed by atoms with Gasteiger partial charge >= 0.3 is 7.60 Å².